The van der Waals surface area contributed by atoms with Crippen LogP contribution in [-0.2, 0) is 19.1 Å². The molecule has 0 aromatic rings. The van der Waals surface area contributed by atoms with Crippen LogP contribution in [0.25, 0.3) is 0 Å². The van der Waals surface area contributed by atoms with Crippen molar-refractivity contribution in [1.29, 1.82) is 0 Å². The average molecular weight is 358 g/mol. The Kier molecular flexibility index (Phi) is 9.81. The topological polar surface area (TPSA) is 128 Å². The maximum Gasteiger partial charge on any atom is 0.407 e. The van der Waals surface area contributed by atoms with Crippen molar-refractivity contribution < 1.29 is 29.0 Å². The van der Waals surface area contributed by atoms with Crippen LogP contribution in [0.4, 0.5) is 4.79 Å². The number of esters is 1. The molecule has 1 saturated heterocycles. The fourth-order valence-corrected chi connectivity index (χ4v) is 1.75. The first-order valence-corrected chi connectivity index (χ1v) is 8.28. The van der Waals surface area contributed by atoms with Crippen molar-refractivity contribution in [2.75, 3.05) is 13.2 Å². The number of aliphatic hydroxyl groups is 1. The first-order valence-electron chi connectivity index (χ1n) is 8.28. The molecular formula is C17H30N2O6. The van der Waals surface area contributed by atoms with Crippen molar-refractivity contribution in [3.05, 3.63) is 11.3 Å². The molecule has 8 heteroatoms. The van der Waals surface area contributed by atoms with Gasteiger partial charge in [0.05, 0.1) is 12.2 Å². The molecular weight excluding hydrogens is 328 g/mol. The van der Waals surface area contributed by atoms with E-state index in [1.54, 1.807) is 0 Å². The number of unbranched alkanes of at least 4 members (excludes halogenated alkanes) is 1. The second-order valence-corrected chi connectivity index (χ2v) is 6.66. The molecule has 0 spiro atoms. The Bertz CT molecular complexity index is 504. The van der Waals surface area contributed by atoms with E-state index < -0.39 is 24.3 Å². The van der Waals surface area contributed by atoms with Gasteiger partial charge >= 0.3 is 12.1 Å². The van der Waals surface area contributed by atoms with E-state index in [0.717, 1.165) is 12.8 Å². The van der Waals surface area contributed by atoms with Crippen LogP contribution in [-0.4, -0.2) is 47.8 Å². The number of nitrogens with two attached hydrogens (primary N) is 1. The second kappa shape index (κ2) is 10.7. The Labute approximate surface area is 148 Å². The predicted octanol–water partition coefficient (Wildman–Crippen LogP) is 1.41. The van der Waals surface area contributed by atoms with E-state index in [-0.39, 0.29) is 29.6 Å². The smallest absolute Gasteiger partial charge is 0.407 e. The number of aliphatic hydroxyl groups excluding tert-OH is 1. The maximum atomic E-state index is 11.2. The zero-order valence-corrected chi connectivity index (χ0v) is 15.7. The monoisotopic (exact) mass is 358 g/mol. The van der Waals surface area contributed by atoms with Crippen molar-refractivity contribution in [2.24, 2.45) is 5.73 Å². The summed E-state index contributed by atoms with van der Waals surface area (Å²) in [6.45, 7) is 9.40. The molecule has 144 valence electrons. The number of alkyl carbamates (subject to hydrolysis) is 1. The number of ether oxygens (including phenoxy) is 2. The van der Waals surface area contributed by atoms with Gasteiger partial charge in [-0.1, -0.05) is 13.3 Å². The maximum absolute atomic E-state index is 11.2. The fraction of sp³-hybridized carbons (Fsp3) is 0.706. The lowest BCUT2D eigenvalue weighted by atomic mass is 10.0. The Morgan fingerprint density at radius 1 is 1.40 bits per heavy atom. The van der Waals surface area contributed by atoms with Crippen molar-refractivity contribution in [3.8, 4) is 0 Å². The SMILES string of the molecule is C/C(N)=C1\CC(=O)C(CO)OC1=O.CCCCNC(=O)OC(C)(C)C. The summed E-state index contributed by atoms with van der Waals surface area (Å²) in [5.41, 5.74) is 5.45. The molecule has 1 atom stereocenters. The Morgan fingerprint density at radius 2 is 2.00 bits per heavy atom. The highest BCUT2D eigenvalue weighted by molar-refractivity contribution is 6.02. The fourth-order valence-electron chi connectivity index (χ4n) is 1.75. The first-order chi connectivity index (χ1) is 11.5. The molecule has 0 aliphatic carbocycles. The van der Waals surface area contributed by atoms with Gasteiger partial charge in [-0.25, -0.2) is 9.59 Å². The van der Waals surface area contributed by atoms with Crippen LogP contribution >= 0.6 is 0 Å². The number of ketones is 1. The highest BCUT2D eigenvalue weighted by Crippen LogP contribution is 2.17. The van der Waals surface area contributed by atoms with Gasteiger partial charge in [0.2, 0.25) is 0 Å². The minimum absolute atomic E-state index is 0.0492. The molecule has 1 heterocycles. The van der Waals surface area contributed by atoms with E-state index >= 15 is 0 Å². The Balaban J connectivity index is 0.000000463. The summed E-state index contributed by atoms with van der Waals surface area (Å²) >= 11 is 0. The lowest BCUT2D eigenvalue weighted by molar-refractivity contribution is -0.158. The summed E-state index contributed by atoms with van der Waals surface area (Å²) in [5.74, 6) is -0.930. The van der Waals surface area contributed by atoms with Crippen LogP contribution in [0.2, 0.25) is 0 Å². The molecule has 1 unspecified atom stereocenters. The van der Waals surface area contributed by atoms with E-state index in [1.165, 1.54) is 6.92 Å². The standard InChI is InChI=1S/C9H19NO2.C8H11NO4/c1-5-6-7-10-8(11)12-9(2,3)4;1-4(9)5-2-6(11)7(3-10)13-8(5)12/h5-7H2,1-4H3,(H,10,11);7,10H,2-3,9H2,1H3/b;5-4-. The minimum atomic E-state index is -1.02. The molecule has 1 rings (SSSR count). The number of allylic oxidation sites excluding steroid dienone is 1. The van der Waals surface area contributed by atoms with Crippen LogP contribution in [0.15, 0.2) is 11.3 Å². The number of carbonyl (C=O) groups excluding carboxylic acids is 3. The van der Waals surface area contributed by atoms with Crippen LogP contribution < -0.4 is 11.1 Å². The molecule has 1 fully saturated rings. The molecule has 0 radical (unpaired) electrons. The number of rotatable bonds is 4. The number of nitrogens with one attached hydrogen (secondary N) is 1. The molecule has 0 bridgehead atoms. The zero-order chi connectivity index (χ0) is 19.6. The minimum Gasteiger partial charge on any atom is -0.448 e. The van der Waals surface area contributed by atoms with Crippen molar-refractivity contribution in [1.82, 2.24) is 5.32 Å². The second-order valence-electron chi connectivity index (χ2n) is 6.66. The van der Waals surface area contributed by atoms with Gasteiger partial charge < -0.3 is 25.6 Å². The Morgan fingerprint density at radius 3 is 2.44 bits per heavy atom. The molecule has 8 nitrogen and oxygen atoms in total. The predicted molar refractivity (Wildman–Crippen MR) is 92.6 cm³/mol. The summed E-state index contributed by atoms with van der Waals surface area (Å²) < 4.78 is 9.68. The van der Waals surface area contributed by atoms with E-state index in [0.29, 0.717) is 6.54 Å². The van der Waals surface area contributed by atoms with E-state index in [2.05, 4.69) is 17.0 Å². The van der Waals surface area contributed by atoms with Gasteiger partial charge in [-0.15, -0.1) is 0 Å². The van der Waals surface area contributed by atoms with Crippen molar-refractivity contribution in [3.63, 3.8) is 0 Å². The number of cyclic esters (lactones) is 1. The highest BCUT2D eigenvalue weighted by atomic mass is 16.6. The van der Waals surface area contributed by atoms with Crippen molar-refractivity contribution in [2.45, 2.75) is 65.6 Å². The van der Waals surface area contributed by atoms with Gasteiger partial charge in [0.25, 0.3) is 0 Å². The number of Topliss-reactive ketones (excluding diaryl/α,β-unsaturated/α-hetero) is 1. The lowest BCUT2D eigenvalue weighted by Crippen LogP contribution is -2.37. The van der Waals surface area contributed by atoms with Crippen molar-refractivity contribution >= 4 is 17.8 Å². The van der Waals surface area contributed by atoms with Gasteiger partial charge in [0.1, 0.15) is 5.60 Å². The zero-order valence-electron chi connectivity index (χ0n) is 15.7. The molecule has 1 aliphatic heterocycles. The van der Waals surface area contributed by atoms with Gasteiger partial charge in [-0.05, 0) is 34.1 Å². The van der Waals surface area contributed by atoms with E-state index in [9.17, 15) is 14.4 Å². The lowest BCUT2D eigenvalue weighted by Gasteiger charge is -2.21. The molecule has 0 aromatic carbocycles. The summed E-state index contributed by atoms with van der Waals surface area (Å²) in [5, 5.41) is 11.3. The van der Waals surface area contributed by atoms with Gasteiger partial charge in [0.15, 0.2) is 11.9 Å². The normalized spacial score (nSPS) is 19.4. The number of hydrogen-bond donors (Lipinski definition) is 3. The third kappa shape index (κ3) is 9.71. The summed E-state index contributed by atoms with van der Waals surface area (Å²) in [6.07, 6.45) is 0.688. The highest BCUT2D eigenvalue weighted by Gasteiger charge is 2.32. The summed E-state index contributed by atoms with van der Waals surface area (Å²) in [6, 6.07) is 0. The molecule has 1 aliphatic rings. The molecule has 1 amide bonds. The molecule has 0 saturated carbocycles. The van der Waals surface area contributed by atoms with Gasteiger partial charge in [-0.2, -0.15) is 0 Å². The van der Waals surface area contributed by atoms with Crippen LogP contribution in [0.5, 0.6) is 0 Å². The summed E-state index contributed by atoms with van der Waals surface area (Å²) in [7, 11) is 0. The van der Waals surface area contributed by atoms with Crippen LogP contribution in [0.1, 0.15) is 53.9 Å². The summed E-state index contributed by atoms with van der Waals surface area (Å²) in [4.78, 5) is 33.3. The Hall–Kier alpha value is -2.09. The third-order valence-corrected chi connectivity index (χ3v) is 3.05. The largest absolute Gasteiger partial charge is 0.448 e. The van der Waals surface area contributed by atoms with E-state index in [1.807, 2.05) is 20.8 Å². The number of carbonyl (C=O) groups is 3. The number of hydrogen-bond acceptors (Lipinski definition) is 7. The average Bonchev–Trinajstić information content (AvgIpc) is 2.48. The molecule has 4 N–H and O–H groups in total. The first kappa shape index (κ1) is 22.9. The van der Waals surface area contributed by atoms with Gasteiger partial charge in [-0.3, -0.25) is 4.79 Å². The number of amides is 1. The van der Waals surface area contributed by atoms with Crippen LogP contribution in [0.3, 0.4) is 0 Å². The molecule has 0 aromatic heterocycles. The van der Waals surface area contributed by atoms with Crippen LogP contribution in [0, 0.1) is 0 Å². The third-order valence-electron chi connectivity index (χ3n) is 3.05. The van der Waals surface area contributed by atoms with Gasteiger partial charge in [0, 0.05) is 18.7 Å². The van der Waals surface area contributed by atoms with E-state index in [4.69, 9.17) is 15.6 Å². The quantitative estimate of drug-likeness (QED) is 0.394. The molecule has 25 heavy (non-hydrogen) atoms.